The van der Waals surface area contributed by atoms with Gasteiger partial charge < -0.3 is 15.2 Å². The topological polar surface area (TPSA) is 78.6 Å². The van der Waals surface area contributed by atoms with E-state index in [0.717, 1.165) is 38.5 Å². The van der Waals surface area contributed by atoms with Crippen LogP contribution < -0.4 is 5.73 Å². The van der Waals surface area contributed by atoms with Gasteiger partial charge in [-0.1, -0.05) is 142 Å². The quantitative estimate of drug-likeness (QED) is 0.0514. The van der Waals surface area contributed by atoms with Crippen LogP contribution in [-0.4, -0.2) is 31.2 Å². The van der Waals surface area contributed by atoms with Crippen LogP contribution in [0.2, 0.25) is 0 Å². The molecule has 0 spiro atoms. The first-order valence-electron chi connectivity index (χ1n) is 17.3. The van der Waals surface area contributed by atoms with E-state index in [1.54, 1.807) is 0 Å². The number of allylic oxidation sites excluding steroid dienone is 2. The summed E-state index contributed by atoms with van der Waals surface area (Å²) in [7, 11) is 0. The van der Waals surface area contributed by atoms with Gasteiger partial charge in [-0.15, -0.1) is 0 Å². The van der Waals surface area contributed by atoms with E-state index in [-0.39, 0.29) is 25.1 Å². The summed E-state index contributed by atoms with van der Waals surface area (Å²) < 4.78 is 10.7. The molecule has 0 aromatic heterocycles. The molecule has 1 atom stereocenters. The minimum atomic E-state index is -0.545. The van der Waals surface area contributed by atoms with E-state index < -0.39 is 6.10 Å². The number of nitrogens with two attached hydrogens (primary N) is 1. The second-order valence-electron chi connectivity index (χ2n) is 11.7. The van der Waals surface area contributed by atoms with E-state index in [9.17, 15) is 9.59 Å². The standard InChI is InChI=1S/C35H67NO4/c1-3-5-7-9-11-13-15-16-17-18-20-22-24-26-28-30-35(38)40-33(31-36)32-39-34(37)29-27-25-23-21-19-14-12-10-8-6-4-2/h16-17,33H,3-15,18-32,36H2,1-2H3/b17-16-. The Morgan fingerprint density at radius 2 is 0.925 bits per heavy atom. The summed E-state index contributed by atoms with van der Waals surface area (Å²) in [6, 6.07) is 0. The molecule has 0 aliphatic rings. The molecule has 0 amide bonds. The Morgan fingerprint density at radius 1 is 0.550 bits per heavy atom. The Kier molecular flexibility index (Phi) is 31.1. The molecule has 0 radical (unpaired) electrons. The van der Waals surface area contributed by atoms with Crippen LogP contribution in [0.1, 0.15) is 181 Å². The normalized spacial score (nSPS) is 12.2. The number of carbonyl (C=O) groups excluding carboxylic acids is 2. The van der Waals surface area contributed by atoms with Crippen molar-refractivity contribution in [3.8, 4) is 0 Å². The average Bonchev–Trinajstić information content (AvgIpc) is 2.96. The summed E-state index contributed by atoms with van der Waals surface area (Å²) in [6.07, 6.45) is 34.7. The average molecular weight is 566 g/mol. The van der Waals surface area contributed by atoms with E-state index in [1.807, 2.05) is 0 Å². The summed E-state index contributed by atoms with van der Waals surface area (Å²) in [5, 5.41) is 0. The highest BCUT2D eigenvalue weighted by molar-refractivity contribution is 5.70. The third kappa shape index (κ3) is 29.6. The van der Waals surface area contributed by atoms with Crippen molar-refractivity contribution in [3.05, 3.63) is 12.2 Å². The predicted molar refractivity (Wildman–Crippen MR) is 170 cm³/mol. The maximum absolute atomic E-state index is 12.1. The molecule has 0 aliphatic heterocycles. The van der Waals surface area contributed by atoms with Crippen molar-refractivity contribution in [3.63, 3.8) is 0 Å². The van der Waals surface area contributed by atoms with Crippen molar-refractivity contribution >= 4 is 11.9 Å². The smallest absolute Gasteiger partial charge is 0.306 e. The van der Waals surface area contributed by atoms with Crippen LogP contribution in [0.15, 0.2) is 12.2 Å². The van der Waals surface area contributed by atoms with Gasteiger partial charge in [-0.2, -0.15) is 0 Å². The Morgan fingerprint density at radius 3 is 1.35 bits per heavy atom. The molecule has 0 heterocycles. The van der Waals surface area contributed by atoms with Gasteiger partial charge in [-0.3, -0.25) is 9.59 Å². The zero-order valence-electron chi connectivity index (χ0n) is 26.7. The van der Waals surface area contributed by atoms with Crippen LogP contribution in [-0.2, 0) is 19.1 Å². The number of esters is 2. The first-order chi connectivity index (χ1) is 19.6. The molecule has 40 heavy (non-hydrogen) atoms. The highest BCUT2D eigenvalue weighted by Crippen LogP contribution is 2.13. The van der Waals surface area contributed by atoms with E-state index in [1.165, 1.54) is 116 Å². The lowest BCUT2D eigenvalue weighted by atomic mass is 10.1. The van der Waals surface area contributed by atoms with Crippen LogP contribution in [0.3, 0.4) is 0 Å². The van der Waals surface area contributed by atoms with Crippen molar-refractivity contribution in [2.75, 3.05) is 13.2 Å². The van der Waals surface area contributed by atoms with Gasteiger partial charge in [0.25, 0.3) is 0 Å². The number of carbonyl (C=O) groups is 2. The fourth-order valence-corrected chi connectivity index (χ4v) is 4.93. The molecule has 0 saturated carbocycles. The third-order valence-corrected chi connectivity index (χ3v) is 7.62. The van der Waals surface area contributed by atoms with E-state index in [4.69, 9.17) is 15.2 Å². The van der Waals surface area contributed by atoms with E-state index >= 15 is 0 Å². The first kappa shape index (κ1) is 38.6. The van der Waals surface area contributed by atoms with E-state index in [0.29, 0.717) is 12.8 Å². The molecule has 5 nitrogen and oxygen atoms in total. The summed E-state index contributed by atoms with van der Waals surface area (Å²) in [6.45, 7) is 4.75. The molecular weight excluding hydrogens is 498 g/mol. The van der Waals surface area contributed by atoms with Crippen LogP contribution in [0.5, 0.6) is 0 Å². The molecular formula is C35H67NO4. The summed E-state index contributed by atoms with van der Waals surface area (Å²) in [5.41, 5.74) is 5.73. The number of rotatable bonds is 31. The zero-order chi connectivity index (χ0) is 29.4. The fraction of sp³-hybridized carbons (Fsp3) is 0.886. The molecule has 0 bridgehead atoms. The highest BCUT2D eigenvalue weighted by atomic mass is 16.6. The lowest BCUT2D eigenvalue weighted by molar-refractivity contribution is -0.158. The Bertz CT molecular complexity index is 578. The Labute approximate surface area is 248 Å². The van der Waals surface area contributed by atoms with Gasteiger partial charge in [0.1, 0.15) is 12.7 Å². The summed E-state index contributed by atoms with van der Waals surface area (Å²) >= 11 is 0. The molecule has 0 rings (SSSR count). The minimum absolute atomic E-state index is 0.0610. The second kappa shape index (κ2) is 32.2. The van der Waals surface area contributed by atoms with Crippen molar-refractivity contribution < 1.29 is 19.1 Å². The molecule has 0 fully saturated rings. The highest BCUT2D eigenvalue weighted by Gasteiger charge is 2.15. The molecule has 2 N–H and O–H groups in total. The number of unbranched alkanes of at least 4 members (excludes halogenated alkanes) is 21. The van der Waals surface area contributed by atoms with Crippen LogP contribution in [0.25, 0.3) is 0 Å². The second-order valence-corrected chi connectivity index (χ2v) is 11.7. The first-order valence-corrected chi connectivity index (χ1v) is 17.3. The van der Waals surface area contributed by atoms with Gasteiger partial charge in [0, 0.05) is 19.4 Å². The maximum Gasteiger partial charge on any atom is 0.306 e. The fourth-order valence-electron chi connectivity index (χ4n) is 4.93. The lowest BCUT2D eigenvalue weighted by Crippen LogP contribution is -2.32. The number of hydrogen-bond acceptors (Lipinski definition) is 5. The molecule has 0 aliphatic carbocycles. The number of ether oxygens (including phenoxy) is 2. The summed E-state index contributed by atoms with van der Waals surface area (Å²) in [4.78, 5) is 24.2. The summed E-state index contributed by atoms with van der Waals surface area (Å²) in [5.74, 6) is -0.461. The lowest BCUT2D eigenvalue weighted by Gasteiger charge is -2.16. The van der Waals surface area contributed by atoms with Crippen molar-refractivity contribution in [1.29, 1.82) is 0 Å². The van der Waals surface area contributed by atoms with Crippen LogP contribution >= 0.6 is 0 Å². The van der Waals surface area contributed by atoms with Gasteiger partial charge in [0.2, 0.25) is 0 Å². The Hall–Kier alpha value is -1.36. The van der Waals surface area contributed by atoms with Gasteiger partial charge in [0.15, 0.2) is 0 Å². The van der Waals surface area contributed by atoms with Crippen LogP contribution in [0.4, 0.5) is 0 Å². The monoisotopic (exact) mass is 566 g/mol. The molecule has 5 heteroatoms. The van der Waals surface area contributed by atoms with Crippen LogP contribution in [0, 0.1) is 0 Å². The molecule has 1 unspecified atom stereocenters. The largest absolute Gasteiger partial charge is 0.462 e. The number of hydrogen-bond donors (Lipinski definition) is 1. The van der Waals surface area contributed by atoms with Gasteiger partial charge in [-0.05, 0) is 38.5 Å². The zero-order valence-corrected chi connectivity index (χ0v) is 26.7. The maximum atomic E-state index is 12.1. The molecule has 0 aromatic carbocycles. The van der Waals surface area contributed by atoms with Gasteiger partial charge >= 0.3 is 11.9 Å². The van der Waals surface area contributed by atoms with Crippen molar-refractivity contribution in [2.24, 2.45) is 5.73 Å². The molecule has 0 saturated heterocycles. The minimum Gasteiger partial charge on any atom is -0.462 e. The third-order valence-electron chi connectivity index (χ3n) is 7.62. The Balaban J connectivity index is 3.57. The van der Waals surface area contributed by atoms with E-state index in [2.05, 4.69) is 26.0 Å². The van der Waals surface area contributed by atoms with Crippen molar-refractivity contribution in [1.82, 2.24) is 0 Å². The SMILES string of the molecule is CCCCCCCC/C=C\CCCCCCCC(=O)OC(CN)COC(=O)CCCCCCCCCCCCC. The van der Waals surface area contributed by atoms with Gasteiger partial charge in [0.05, 0.1) is 0 Å². The molecule has 0 aromatic rings. The predicted octanol–water partition coefficient (Wildman–Crippen LogP) is 10.1. The van der Waals surface area contributed by atoms with Crippen molar-refractivity contribution in [2.45, 2.75) is 187 Å². The van der Waals surface area contributed by atoms with Gasteiger partial charge in [-0.25, -0.2) is 0 Å². The molecule has 236 valence electrons.